The Hall–Kier alpha value is -2.58. The van der Waals surface area contributed by atoms with E-state index in [0.717, 1.165) is 55.8 Å². The highest BCUT2D eigenvalue weighted by molar-refractivity contribution is 7.92. The third-order valence-electron chi connectivity index (χ3n) is 6.21. The molecule has 180 valence electrons. The second-order valence-electron chi connectivity index (χ2n) is 8.86. The van der Waals surface area contributed by atoms with E-state index in [0.29, 0.717) is 23.4 Å². The Kier molecular flexibility index (Phi) is 8.02. The first-order chi connectivity index (χ1) is 15.6. The summed E-state index contributed by atoms with van der Waals surface area (Å²) in [7, 11) is -2.00. The number of anilines is 2. The predicted octanol–water partition coefficient (Wildman–Crippen LogP) is 3.69. The Bertz CT molecular complexity index is 1110. The van der Waals surface area contributed by atoms with Gasteiger partial charge >= 0.3 is 0 Å². The smallest absolute Gasteiger partial charge is 0.262 e. The molecule has 1 amide bonds. The second kappa shape index (κ2) is 10.6. The maximum atomic E-state index is 13.3. The van der Waals surface area contributed by atoms with Gasteiger partial charge in [-0.25, -0.2) is 8.42 Å². The molecular formula is C25H36N4O3S. The zero-order chi connectivity index (χ0) is 24.2. The average molecular weight is 473 g/mol. The van der Waals surface area contributed by atoms with Crippen LogP contribution in [-0.2, 0) is 10.0 Å². The zero-order valence-electron chi connectivity index (χ0n) is 20.4. The van der Waals surface area contributed by atoms with Crippen molar-refractivity contribution < 1.29 is 13.2 Å². The first-order valence-electron chi connectivity index (χ1n) is 11.6. The molecule has 0 aromatic heterocycles. The van der Waals surface area contributed by atoms with Crippen LogP contribution < -0.4 is 14.9 Å². The van der Waals surface area contributed by atoms with E-state index in [1.54, 1.807) is 37.1 Å². The maximum absolute atomic E-state index is 13.3. The molecule has 0 radical (unpaired) electrons. The molecule has 0 atom stereocenters. The third kappa shape index (κ3) is 5.86. The van der Waals surface area contributed by atoms with Gasteiger partial charge in [-0.1, -0.05) is 19.4 Å². The average Bonchev–Trinajstić information content (AvgIpc) is 2.79. The van der Waals surface area contributed by atoms with Gasteiger partial charge in [-0.05, 0) is 68.1 Å². The largest absolute Gasteiger partial charge is 0.368 e. The molecule has 33 heavy (non-hydrogen) atoms. The molecule has 8 heteroatoms. The molecule has 2 aromatic rings. The van der Waals surface area contributed by atoms with Gasteiger partial charge in [-0.2, -0.15) is 0 Å². The molecular weight excluding hydrogens is 436 g/mol. The van der Waals surface area contributed by atoms with Crippen molar-refractivity contribution in [3.8, 4) is 0 Å². The van der Waals surface area contributed by atoms with Crippen LogP contribution >= 0.6 is 0 Å². The molecule has 1 fully saturated rings. The van der Waals surface area contributed by atoms with Crippen LogP contribution in [0.15, 0.2) is 35.2 Å². The van der Waals surface area contributed by atoms with E-state index in [2.05, 4.69) is 21.9 Å². The Morgan fingerprint density at radius 1 is 1.06 bits per heavy atom. The maximum Gasteiger partial charge on any atom is 0.262 e. The predicted molar refractivity (Wildman–Crippen MR) is 135 cm³/mol. The van der Waals surface area contributed by atoms with Crippen LogP contribution in [0.1, 0.15) is 46.8 Å². The van der Waals surface area contributed by atoms with E-state index >= 15 is 0 Å². The number of nitrogens with zero attached hydrogens (tertiary/aromatic N) is 2. The number of carbonyl (C=O) groups excluding carboxylic acids is 1. The highest BCUT2D eigenvalue weighted by atomic mass is 32.2. The van der Waals surface area contributed by atoms with Crippen molar-refractivity contribution in [2.75, 3.05) is 49.4 Å². The van der Waals surface area contributed by atoms with E-state index in [1.807, 2.05) is 26.0 Å². The number of unbranched alkanes of at least 4 members (excludes halogenated alkanes) is 1. The van der Waals surface area contributed by atoms with Crippen molar-refractivity contribution in [3.63, 3.8) is 0 Å². The Balaban J connectivity index is 1.97. The fourth-order valence-corrected chi connectivity index (χ4v) is 5.45. The first kappa shape index (κ1) is 25.1. The third-order valence-corrected chi connectivity index (χ3v) is 7.73. The number of amides is 1. The Labute approximate surface area is 198 Å². The summed E-state index contributed by atoms with van der Waals surface area (Å²) in [5, 5.41) is 3.33. The molecule has 0 unspecified atom stereocenters. The first-order valence-corrected chi connectivity index (χ1v) is 13.1. The van der Waals surface area contributed by atoms with Gasteiger partial charge in [0.1, 0.15) is 0 Å². The lowest BCUT2D eigenvalue weighted by molar-refractivity contribution is 0.0794. The summed E-state index contributed by atoms with van der Waals surface area (Å²) in [4.78, 5) is 17.5. The van der Waals surface area contributed by atoms with Crippen molar-refractivity contribution in [2.45, 2.75) is 45.4 Å². The Morgan fingerprint density at radius 2 is 1.73 bits per heavy atom. The summed E-state index contributed by atoms with van der Waals surface area (Å²) >= 11 is 0. The highest BCUT2D eigenvalue weighted by Crippen LogP contribution is 2.29. The van der Waals surface area contributed by atoms with Crippen LogP contribution in [0.5, 0.6) is 0 Å². The second-order valence-corrected chi connectivity index (χ2v) is 10.5. The van der Waals surface area contributed by atoms with E-state index in [-0.39, 0.29) is 10.8 Å². The SMILES string of the molecule is CCCCN(C)C(=O)c1cc(NS(=O)(=O)c2cc(C)c(C)cc2C)ccc1N1CCNCC1. The van der Waals surface area contributed by atoms with E-state index in [1.165, 1.54) is 0 Å². The molecule has 1 heterocycles. The number of piperazine rings is 1. The van der Waals surface area contributed by atoms with Gasteiger partial charge in [0, 0.05) is 51.1 Å². The van der Waals surface area contributed by atoms with Crippen LogP contribution in [-0.4, -0.2) is 59.0 Å². The quantitative estimate of drug-likeness (QED) is 0.612. The minimum Gasteiger partial charge on any atom is -0.368 e. The molecule has 2 aromatic carbocycles. The standard InChI is InChI=1S/C25H36N4O3S/c1-6-7-12-28(5)25(30)22-17-21(8-9-23(22)29-13-10-26-11-14-29)27-33(31,32)24-16-19(3)18(2)15-20(24)4/h8-9,15-17,26-27H,6-7,10-14H2,1-5H3. The van der Waals surface area contributed by atoms with Gasteiger partial charge in [-0.15, -0.1) is 0 Å². The van der Waals surface area contributed by atoms with Gasteiger partial charge in [0.25, 0.3) is 15.9 Å². The van der Waals surface area contributed by atoms with Crippen LogP contribution in [0.3, 0.4) is 0 Å². The highest BCUT2D eigenvalue weighted by Gasteiger charge is 2.23. The molecule has 7 nitrogen and oxygen atoms in total. The molecule has 0 aliphatic carbocycles. The van der Waals surface area contributed by atoms with Crippen molar-refractivity contribution in [1.82, 2.24) is 10.2 Å². The number of sulfonamides is 1. The normalized spacial score (nSPS) is 14.3. The topological polar surface area (TPSA) is 81.8 Å². The number of benzene rings is 2. The molecule has 0 spiro atoms. The van der Waals surface area contributed by atoms with Crippen LogP contribution in [0.2, 0.25) is 0 Å². The fourth-order valence-electron chi connectivity index (χ4n) is 4.09. The van der Waals surface area contributed by atoms with E-state index in [4.69, 9.17) is 0 Å². The molecule has 1 aliphatic heterocycles. The van der Waals surface area contributed by atoms with Crippen LogP contribution in [0.25, 0.3) is 0 Å². The number of aryl methyl sites for hydroxylation is 3. The summed E-state index contributed by atoms with van der Waals surface area (Å²) in [5.74, 6) is -0.0969. The number of hydrogen-bond donors (Lipinski definition) is 2. The molecule has 1 saturated heterocycles. The molecule has 1 aliphatic rings. The summed E-state index contributed by atoms with van der Waals surface area (Å²) in [6.45, 7) is 11.7. The van der Waals surface area contributed by atoms with Gasteiger partial charge in [0.05, 0.1) is 10.5 Å². The summed E-state index contributed by atoms with van der Waals surface area (Å²) < 4.78 is 29.1. The summed E-state index contributed by atoms with van der Waals surface area (Å²) in [6, 6.07) is 8.86. The van der Waals surface area contributed by atoms with Crippen molar-refractivity contribution in [1.29, 1.82) is 0 Å². The number of nitrogens with one attached hydrogen (secondary N) is 2. The van der Waals surface area contributed by atoms with Gasteiger partial charge in [-0.3, -0.25) is 9.52 Å². The van der Waals surface area contributed by atoms with Crippen LogP contribution in [0, 0.1) is 20.8 Å². The molecule has 0 saturated carbocycles. The number of carbonyl (C=O) groups is 1. The lowest BCUT2D eigenvalue weighted by Crippen LogP contribution is -2.44. The minimum absolute atomic E-state index is 0.0969. The summed E-state index contributed by atoms with van der Waals surface area (Å²) in [5.41, 5.74) is 4.42. The van der Waals surface area contributed by atoms with E-state index in [9.17, 15) is 13.2 Å². The Morgan fingerprint density at radius 3 is 2.39 bits per heavy atom. The van der Waals surface area contributed by atoms with Crippen LogP contribution in [0.4, 0.5) is 11.4 Å². The van der Waals surface area contributed by atoms with Gasteiger partial charge in [0.15, 0.2) is 0 Å². The van der Waals surface area contributed by atoms with Gasteiger partial charge in [0.2, 0.25) is 0 Å². The molecule has 2 N–H and O–H groups in total. The van der Waals surface area contributed by atoms with E-state index < -0.39 is 10.0 Å². The van der Waals surface area contributed by atoms with Crippen molar-refractivity contribution >= 4 is 27.3 Å². The summed E-state index contributed by atoms with van der Waals surface area (Å²) in [6.07, 6.45) is 1.92. The molecule has 3 rings (SSSR count). The zero-order valence-corrected chi connectivity index (χ0v) is 21.2. The minimum atomic E-state index is -3.80. The van der Waals surface area contributed by atoms with Gasteiger partial charge < -0.3 is 15.1 Å². The molecule has 0 bridgehead atoms. The lowest BCUT2D eigenvalue weighted by Gasteiger charge is -2.32. The van der Waals surface area contributed by atoms with Crippen molar-refractivity contribution in [3.05, 3.63) is 52.6 Å². The number of rotatable bonds is 8. The van der Waals surface area contributed by atoms with Crippen molar-refractivity contribution in [2.24, 2.45) is 0 Å². The number of hydrogen-bond acceptors (Lipinski definition) is 5. The monoisotopic (exact) mass is 472 g/mol. The lowest BCUT2D eigenvalue weighted by atomic mass is 10.1. The fraction of sp³-hybridized carbons (Fsp3) is 0.480.